The first-order valence-corrected chi connectivity index (χ1v) is 28.5. The van der Waals surface area contributed by atoms with E-state index < -0.39 is 0 Å². The van der Waals surface area contributed by atoms with E-state index in [2.05, 4.69) is 284 Å². The van der Waals surface area contributed by atoms with Crippen LogP contribution in [0.4, 0.5) is 5.69 Å². The van der Waals surface area contributed by atoms with Crippen molar-refractivity contribution in [2.75, 3.05) is 0 Å². The Bertz CT molecular complexity index is 4070. The van der Waals surface area contributed by atoms with Crippen LogP contribution in [0.3, 0.4) is 0 Å². The fourth-order valence-corrected chi connectivity index (χ4v) is 10.7. The Labute approximate surface area is 481 Å². The van der Waals surface area contributed by atoms with E-state index in [0.29, 0.717) is 12.3 Å². The first kappa shape index (κ1) is 56.5. The van der Waals surface area contributed by atoms with Crippen LogP contribution in [0.5, 0.6) is 0 Å². The molecule has 2 atom stereocenters. The minimum Gasteiger partial charge on any atom is -0.258 e. The number of hydrogen-bond acceptors (Lipinski definition) is 2. The summed E-state index contributed by atoms with van der Waals surface area (Å²) >= 11 is 0. The summed E-state index contributed by atoms with van der Waals surface area (Å²) in [6.07, 6.45) is 39.1. The molecule has 7 aromatic rings. The number of benzene rings is 6. The second kappa shape index (κ2) is 27.6. The Morgan fingerprint density at radius 3 is 2.15 bits per heavy atom. The Morgan fingerprint density at radius 1 is 0.642 bits per heavy atom. The van der Waals surface area contributed by atoms with Crippen LogP contribution in [-0.4, -0.2) is 11.4 Å². The molecule has 0 saturated heterocycles. The minimum atomic E-state index is 0.287. The summed E-state index contributed by atoms with van der Waals surface area (Å²) < 4.78 is 0. The largest absolute Gasteiger partial charge is 0.258 e. The molecule has 0 spiro atoms. The molecule has 2 aliphatic carbocycles. The molecule has 7 aromatic carbocycles. The monoisotopic (exact) mass is 1050 g/mol. The fraction of sp³-hybridized carbons (Fsp3) is 0.139. The van der Waals surface area contributed by atoms with Crippen LogP contribution in [0.25, 0.3) is 66.6 Å². The second-order valence-electron chi connectivity index (χ2n) is 20.9. The lowest BCUT2D eigenvalue weighted by atomic mass is 9.84. The molecule has 2 heteroatoms. The maximum Gasteiger partial charge on any atom is 0.0723 e. The van der Waals surface area contributed by atoms with Crippen molar-refractivity contribution in [1.82, 2.24) is 0 Å². The summed E-state index contributed by atoms with van der Waals surface area (Å²) in [5.74, 6) is 0.612. The van der Waals surface area contributed by atoms with Gasteiger partial charge in [0.25, 0.3) is 0 Å². The van der Waals surface area contributed by atoms with Crippen molar-refractivity contribution in [2.24, 2.45) is 21.8 Å². The van der Waals surface area contributed by atoms with Crippen LogP contribution in [0.15, 0.2) is 300 Å². The van der Waals surface area contributed by atoms with Gasteiger partial charge in [-0.1, -0.05) is 269 Å². The summed E-state index contributed by atoms with van der Waals surface area (Å²) in [5.41, 5.74) is 17.2. The molecule has 0 N–H and O–H groups in total. The van der Waals surface area contributed by atoms with Gasteiger partial charge in [0, 0.05) is 29.1 Å². The van der Waals surface area contributed by atoms with Crippen molar-refractivity contribution in [2.45, 2.75) is 61.3 Å². The zero-order chi connectivity index (χ0) is 56.5. The molecular formula is C79H74N2. The third-order valence-corrected chi connectivity index (χ3v) is 14.9. The number of rotatable bonds is 14. The predicted octanol–water partition coefficient (Wildman–Crippen LogP) is 20.3. The molecule has 0 amide bonds. The van der Waals surface area contributed by atoms with Crippen LogP contribution >= 0.6 is 0 Å². The number of hydrogen-bond donors (Lipinski definition) is 0. The molecule has 0 aromatic heterocycles. The summed E-state index contributed by atoms with van der Waals surface area (Å²) in [5, 5.41) is 7.08. The second-order valence-corrected chi connectivity index (χ2v) is 20.9. The molecule has 0 aliphatic heterocycles. The Hall–Kier alpha value is -9.24. The first-order valence-electron chi connectivity index (χ1n) is 28.5. The number of para-hydroxylation sites is 1. The van der Waals surface area contributed by atoms with E-state index in [1.807, 2.05) is 44.2 Å². The summed E-state index contributed by atoms with van der Waals surface area (Å²) in [6, 6.07) is 61.9. The summed E-state index contributed by atoms with van der Waals surface area (Å²) in [7, 11) is 0. The maximum absolute atomic E-state index is 5.31. The molecule has 2 unspecified atom stereocenters. The van der Waals surface area contributed by atoms with Crippen LogP contribution in [-0.2, 0) is 0 Å². The van der Waals surface area contributed by atoms with Gasteiger partial charge in [-0.2, -0.15) is 0 Å². The average molecular weight is 1050 g/mol. The van der Waals surface area contributed by atoms with Crippen molar-refractivity contribution < 1.29 is 0 Å². The molecular weight excluding hydrogens is 977 g/mol. The van der Waals surface area contributed by atoms with Gasteiger partial charge in [-0.15, -0.1) is 0 Å². The van der Waals surface area contributed by atoms with Gasteiger partial charge >= 0.3 is 0 Å². The van der Waals surface area contributed by atoms with Gasteiger partial charge < -0.3 is 0 Å². The molecule has 9 rings (SSSR count). The van der Waals surface area contributed by atoms with Crippen LogP contribution in [0.1, 0.15) is 78.0 Å². The highest BCUT2D eigenvalue weighted by Crippen LogP contribution is 2.40. The number of nitrogens with zero attached hydrogens (tertiary/aromatic N) is 2. The van der Waals surface area contributed by atoms with E-state index in [0.717, 1.165) is 78.5 Å². The van der Waals surface area contributed by atoms with E-state index in [4.69, 9.17) is 9.98 Å². The lowest BCUT2D eigenvalue weighted by Gasteiger charge is -2.20. The van der Waals surface area contributed by atoms with Crippen molar-refractivity contribution in [3.63, 3.8) is 0 Å². The normalized spacial score (nSPS) is 18.9. The SMILES string of the molecule is C=C(C/C=C\C=C/C)N=C(C)c1ccccc1N=C(C)/C=C(\C=C/C)C1=c2\cccc\c2=C\C=C\C(C)C\C=C\1c1ccc(-c2ccc3ccccccc(-c4ccc5ccccc5c4)c(C4=C/C(=C/C=C\C)C(C)C=C4)c3c2)cc1. The Balaban J connectivity index is 1.20. The van der Waals surface area contributed by atoms with Crippen molar-refractivity contribution >= 4 is 61.5 Å². The molecule has 0 heterocycles. The average Bonchev–Trinajstić information content (AvgIpc) is 3.68. The van der Waals surface area contributed by atoms with Crippen LogP contribution < -0.4 is 10.4 Å². The van der Waals surface area contributed by atoms with Gasteiger partial charge in [0.05, 0.1) is 5.69 Å². The number of aliphatic imine (C=N–C) groups is 2. The third kappa shape index (κ3) is 14.2. The van der Waals surface area contributed by atoms with Crippen LogP contribution in [0, 0.1) is 11.8 Å². The van der Waals surface area contributed by atoms with Gasteiger partial charge in [0.2, 0.25) is 0 Å². The van der Waals surface area contributed by atoms with Gasteiger partial charge in [-0.25, -0.2) is 0 Å². The molecule has 0 bridgehead atoms. The third-order valence-electron chi connectivity index (χ3n) is 14.9. The lowest BCUT2D eigenvalue weighted by Crippen LogP contribution is -2.27. The molecule has 0 saturated carbocycles. The fourth-order valence-electron chi connectivity index (χ4n) is 10.7. The van der Waals surface area contributed by atoms with E-state index in [-0.39, 0.29) is 5.92 Å². The zero-order valence-corrected chi connectivity index (χ0v) is 48.2. The van der Waals surface area contributed by atoms with Gasteiger partial charge in [-0.05, 0) is 170 Å². The maximum atomic E-state index is 5.31. The van der Waals surface area contributed by atoms with Crippen molar-refractivity contribution in [3.8, 4) is 22.3 Å². The van der Waals surface area contributed by atoms with Crippen LogP contribution in [0.2, 0.25) is 0 Å². The molecule has 2 aliphatic rings. The topological polar surface area (TPSA) is 24.7 Å². The smallest absolute Gasteiger partial charge is 0.0723 e. The van der Waals surface area contributed by atoms with E-state index >= 15 is 0 Å². The molecule has 400 valence electrons. The minimum absolute atomic E-state index is 0.287. The van der Waals surface area contributed by atoms with E-state index in [1.54, 1.807) is 0 Å². The predicted molar refractivity (Wildman–Crippen MR) is 356 cm³/mol. The summed E-state index contributed by atoms with van der Waals surface area (Å²) in [6.45, 7) is 19.1. The van der Waals surface area contributed by atoms with Gasteiger partial charge in [0.15, 0.2) is 0 Å². The van der Waals surface area contributed by atoms with Crippen molar-refractivity contribution in [3.05, 3.63) is 318 Å². The molecule has 0 radical (unpaired) electrons. The quantitative estimate of drug-likeness (QED) is 0.0766. The Kier molecular flexibility index (Phi) is 19.2. The molecule has 81 heavy (non-hydrogen) atoms. The highest BCUT2D eigenvalue weighted by molar-refractivity contribution is 6.11. The first-order chi connectivity index (χ1) is 39.6. The lowest BCUT2D eigenvalue weighted by molar-refractivity contribution is 0.746. The van der Waals surface area contributed by atoms with Crippen molar-refractivity contribution in [1.29, 1.82) is 0 Å². The highest BCUT2D eigenvalue weighted by Gasteiger charge is 2.19. The molecule has 2 nitrogen and oxygen atoms in total. The standard InChI is InChI=1S/C79H74N2/c1-9-12-14-17-29-58(6)80-60(8)72-36-24-25-39-77(72)81-59(7)52-70(27-11-3)78-73-38-23-22-33-63(73)35-26-28-56(4)40-51-75(78)65-46-43-62(44-47-65)68-49-48-64-32-18-15-16-19-37-74(69-50-45-61-31-20-21-34-67(61)54-69)79(76(64)55-68)71-42-41-57(5)66(53-71)30-13-10-2/h9-28,30-39,41-57H,6,29,40H2,1-5,7-8H3/b12-9-,13-10-,16-15?,17-14-,18-15?,19-16?,27-11-,28-26+,32-18?,37-19?,63-35-,64-32?,66-30-,70-52+,74-37?,75-51+,78-73-,79-74?,79-76?,80-60?,81-59?. The zero-order valence-electron chi connectivity index (χ0n) is 48.2. The van der Waals surface area contributed by atoms with E-state index in [1.165, 1.54) is 49.6 Å². The molecule has 0 fully saturated rings. The van der Waals surface area contributed by atoms with Gasteiger partial charge in [-0.3, -0.25) is 9.98 Å². The summed E-state index contributed by atoms with van der Waals surface area (Å²) in [4.78, 5) is 10.2. The Morgan fingerprint density at radius 2 is 1.33 bits per heavy atom. The highest BCUT2D eigenvalue weighted by atomic mass is 14.8. The number of fused-ring (bicyclic) bond motifs is 3. The van der Waals surface area contributed by atoms with E-state index in [9.17, 15) is 0 Å². The van der Waals surface area contributed by atoms with Gasteiger partial charge in [0.1, 0.15) is 0 Å². The number of allylic oxidation sites excluding steroid dienone is 20.